The number of carbonyl (C=O) groups is 2. The van der Waals surface area contributed by atoms with E-state index in [1.54, 1.807) is 30.3 Å². The Kier molecular flexibility index (Phi) is 10.4. The van der Waals surface area contributed by atoms with Crippen LogP contribution in [0, 0.1) is 6.92 Å². The van der Waals surface area contributed by atoms with E-state index in [-0.39, 0.29) is 33.8 Å². The molecule has 3 rings (SSSR count). The summed E-state index contributed by atoms with van der Waals surface area (Å²) in [6.07, 6.45) is 0.325. The van der Waals surface area contributed by atoms with Crippen molar-refractivity contribution in [1.82, 2.24) is 10.2 Å². The Balaban J connectivity index is 2.12. The second-order valence-corrected chi connectivity index (χ2v) is 13.1. The molecular formula is C31H38ClN3O5S. The lowest BCUT2D eigenvalue weighted by Crippen LogP contribution is -2.55. The maximum absolute atomic E-state index is 14.2. The quantitative estimate of drug-likeness (QED) is 0.311. The van der Waals surface area contributed by atoms with Crippen molar-refractivity contribution in [2.45, 2.75) is 64.1 Å². The molecule has 8 nitrogen and oxygen atoms in total. The van der Waals surface area contributed by atoms with E-state index in [9.17, 15) is 18.0 Å². The van der Waals surface area contributed by atoms with E-state index in [2.05, 4.69) is 5.32 Å². The predicted octanol–water partition coefficient (Wildman–Crippen LogP) is 5.57. The summed E-state index contributed by atoms with van der Waals surface area (Å²) in [5.41, 5.74) is 1.45. The van der Waals surface area contributed by atoms with Crippen LogP contribution in [-0.2, 0) is 26.2 Å². The first kappa shape index (κ1) is 32.0. The summed E-state index contributed by atoms with van der Waals surface area (Å²) in [7, 11) is -2.83. The van der Waals surface area contributed by atoms with Gasteiger partial charge >= 0.3 is 0 Å². The van der Waals surface area contributed by atoms with Crippen molar-refractivity contribution in [3.63, 3.8) is 0 Å². The first-order valence-corrected chi connectivity index (χ1v) is 15.2. The maximum atomic E-state index is 14.2. The number of anilines is 1. The molecule has 41 heavy (non-hydrogen) atoms. The molecule has 1 N–H and O–H groups in total. The van der Waals surface area contributed by atoms with Gasteiger partial charge in [0.25, 0.3) is 10.0 Å². The van der Waals surface area contributed by atoms with Crippen molar-refractivity contribution in [2.75, 3.05) is 18.0 Å². The molecule has 0 radical (unpaired) electrons. The van der Waals surface area contributed by atoms with Gasteiger partial charge in [-0.25, -0.2) is 8.42 Å². The van der Waals surface area contributed by atoms with Crippen LogP contribution in [0.15, 0.2) is 77.7 Å². The van der Waals surface area contributed by atoms with Crippen molar-refractivity contribution < 1.29 is 22.7 Å². The van der Waals surface area contributed by atoms with E-state index in [1.807, 2.05) is 58.9 Å². The number of hydrogen-bond donors (Lipinski definition) is 1. The number of rotatable bonds is 11. The molecule has 2 amide bonds. The van der Waals surface area contributed by atoms with Crippen molar-refractivity contribution in [2.24, 2.45) is 0 Å². The van der Waals surface area contributed by atoms with Crippen LogP contribution in [0.25, 0.3) is 0 Å². The fourth-order valence-electron chi connectivity index (χ4n) is 4.35. The molecule has 1 atom stereocenters. The first-order chi connectivity index (χ1) is 19.3. The fraction of sp³-hybridized carbons (Fsp3) is 0.355. The number of hydrogen-bond acceptors (Lipinski definition) is 5. The van der Waals surface area contributed by atoms with Gasteiger partial charge < -0.3 is 15.0 Å². The molecule has 3 aromatic carbocycles. The number of nitrogens with one attached hydrogen (secondary N) is 1. The average Bonchev–Trinajstić information content (AvgIpc) is 2.92. The van der Waals surface area contributed by atoms with Gasteiger partial charge in [-0.05, 0) is 70.0 Å². The number of sulfonamides is 1. The van der Waals surface area contributed by atoms with Crippen LogP contribution >= 0.6 is 11.6 Å². The fourth-order valence-corrected chi connectivity index (χ4v) is 5.96. The van der Waals surface area contributed by atoms with E-state index in [4.69, 9.17) is 16.3 Å². The smallest absolute Gasteiger partial charge is 0.264 e. The topological polar surface area (TPSA) is 96.0 Å². The van der Waals surface area contributed by atoms with E-state index >= 15 is 0 Å². The molecule has 220 valence electrons. The highest BCUT2D eigenvalue weighted by Crippen LogP contribution is 2.35. The third-order valence-electron chi connectivity index (χ3n) is 6.38. The molecule has 0 fully saturated rings. The van der Waals surface area contributed by atoms with E-state index in [0.29, 0.717) is 6.42 Å². The van der Waals surface area contributed by atoms with Gasteiger partial charge in [0.15, 0.2) is 0 Å². The molecular weight excluding hydrogens is 562 g/mol. The lowest BCUT2D eigenvalue weighted by Gasteiger charge is -2.35. The predicted molar refractivity (Wildman–Crippen MR) is 163 cm³/mol. The van der Waals surface area contributed by atoms with Crippen LogP contribution in [0.3, 0.4) is 0 Å². The zero-order valence-corrected chi connectivity index (χ0v) is 25.9. The van der Waals surface area contributed by atoms with Crippen LogP contribution in [0.4, 0.5) is 5.69 Å². The van der Waals surface area contributed by atoms with Crippen LogP contribution in [-0.4, -0.2) is 50.4 Å². The maximum Gasteiger partial charge on any atom is 0.264 e. The SMILES string of the molecule is CC[C@H](C(=O)NC(C)(C)C)N(Cc1ccc(C)cc1)C(=O)CN(c1cc(Cl)ccc1OC)S(=O)(=O)c1ccccc1. The molecule has 0 bridgehead atoms. The van der Waals surface area contributed by atoms with Crippen LogP contribution in [0.1, 0.15) is 45.2 Å². The minimum atomic E-state index is -4.25. The van der Waals surface area contributed by atoms with Crippen molar-refractivity contribution in [1.29, 1.82) is 0 Å². The Morgan fingerprint density at radius 1 is 1.00 bits per heavy atom. The lowest BCUT2D eigenvalue weighted by atomic mass is 10.1. The summed E-state index contributed by atoms with van der Waals surface area (Å²) >= 11 is 6.28. The first-order valence-electron chi connectivity index (χ1n) is 13.3. The van der Waals surface area contributed by atoms with Crippen LogP contribution < -0.4 is 14.4 Å². The normalized spacial score (nSPS) is 12.4. The van der Waals surface area contributed by atoms with E-state index in [1.165, 1.54) is 30.2 Å². The van der Waals surface area contributed by atoms with Crippen molar-refractivity contribution >= 4 is 39.1 Å². The molecule has 3 aromatic rings. The van der Waals surface area contributed by atoms with Gasteiger partial charge in [-0.2, -0.15) is 0 Å². The Bertz CT molecular complexity index is 1460. The highest BCUT2D eigenvalue weighted by molar-refractivity contribution is 7.92. The zero-order chi connectivity index (χ0) is 30.4. The van der Waals surface area contributed by atoms with Crippen molar-refractivity contribution in [3.8, 4) is 5.75 Å². The van der Waals surface area contributed by atoms with Gasteiger partial charge in [0.2, 0.25) is 11.8 Å². The Morgan fingerprint density at radius 2 is 1.63 bits per heavy atom. The largest absolute Gasteiger partial charge is 0.495 e. The Labute approximate surface area is 248 Å². The van der Waals surface area contributed by atoms with E-state index in [0.717, 1.165) is 15.4 Å². The molecule has 0 heterocycles. The standard InChI is InChI=1S/C31H38ClN3O5S/c1-7-26(30(37)33-31(3,4)5)34(20-23-15-13-22(2)14-16-23)29(36)21-35(27-19-24(32)17-18-28(27)40-6)41(38,39)25-11-9-8-10-12-25/h8-19,26H,7,20-21H2,1-6H3,(H,33,37)/t26-/m1/s1. The second kappa shape index (κ2) is 13.4. The molecule has 0 saturated heterocycles. The molecule has 10 heteroatoms. The molecule has 0 aliphatic rings. The average molecular weight is 600 g/mol. The number of amides is 2. The van der Waals surface area contributed by atoms with Gasteiger partial charge in [0, 0.05) is 17.1 Å². The number of methoxy groups -OCH3 is 1. The second-order valence-electron chi connectivity index (χ2n) is 10.8. The van der Waals surface area contributed by atoms with E-state index < -0.39 is 34.1 Å². The molecule has 0 aliphatic heterocycles. The molecule has 0 unspecified atom stereocenters. The van der Waals surface area contributed by atoms with Gasteiger partial charge in [-0.15, -0.1) is 0 Å². The van der Waals surface area contributed by atoms with Gasteiger partial charge in [-0.1, -0.05) is 66.6 Å². The third kappa shape index (κ3) is 8.24. The molecule has 0 aliphatic carbocycles. The minimum Gasteiger partial charge on any atom is -0.495 e. The summed E-state index contributed by atoms with van der Waals surface area (Å²) in [5, 5.41) is 3.24. The number of halogens is 1. The highest BCUT2D eigenvalue weighted by Gasteiger charge is 2.35. The lowest BCUT2D eigenvalue weighted by molar-refractivity contribution is -0.141. The third-order valence-corrected chi connectivity index (χ3v) is 8.39. The summed E-state index contributed by atoms with van der Waals surface area (Å²) < 4.78 is 34.5. The summed E-state index contributed by atoms with van der Waals surface area (Å²) in [6, 6.07) is 19.2. The Morgan fingerprint density at radius 3 is 2.20 bits per heavy atom. The molecule has 0 spiro atoms. The molecule has 0 saturated carbocycles. The number of ether oxygens (including phenoxy) is 1. The monoisotopic (exact) mass is 599 g/mol. The summed E-state index contributed by atoms with van der Waals surface area (Å²) in [5.74, 6) is -0.648. The van der Waals surface area contributed by atoms with Crippen molar-refractivity contribution in [3.05, 3.63) is 88.9 Å². The van der Waals surface area contributed by atoms with Gasteiger partial charge in [0.1, 0.15) is 18.3 Å². The van der Waals surface area contributed by atoms with Gasteiger partial charge in [-0.3, -0.25) is 13.9 Å². The Hall–Kier alpha value is -3.56. The van der Waals surface area contributed by atoms with Crippen LogP contribution in [0.2, 0.25) is 5.02 Å². The van der Waals surface area contributed by atoms with Gasteiger partial charge in [0.05, 0.1) is 17.7 Å². The molecule has 0 aromatic heterocycles. The summed E-state index contributed by atoms with van der Waals surface area (Å²) in [6.45, 7) is 8.90. The minimum absolute atomic E-state index is 0.00238. The summed E-state index contributed by atoms with van der Waals surface area (Å²) in [4.78, 5) is 29.1. The number of nitrogens with zero attached hydrogens (tertiary/aromatic N) is 2. The number of benzene rings is 3. The van der Waals surface area contributed by atoms with Crippen LogP contribution in [0.5, 0.6) is 5.75 Å². The zero-order valence-electron chi connectivity index (χ0n) is 24.3. The number of aryl methyl sites for hydroxylation is 1. The number of carbonyl (C=O) groups excluding carboxylic acids is 2. The highest BCUT2D eigenvalue weighted by atomic mass is 35.5.